The van der Waals surface area contributed by atoms with E-state index in [0.29, 0.717) is 22.8 Å². The van der Waals surface area contributed by atoms with Gasteiger partial charge in [0.05, 0.1) is 32.4 Å². The van der Waals surface area contributed by atoms with Crippen molar-refractivity contribution >= 4 is 18.1 Å². The Morgan fingerprint density at radius 3 is 2.14 bits per heavy atom. The molecular weight excluding hydrogens is 444 g/mol. The third-order valence-electron chi connectivity index (χ3n) is 5.29. The first-order chi connectivity index (χ1) is 16.7. The van der Waals surface area contributed by atoms with E-state index in [4.69, 9.17) is 14.2 Å². The molecule has 0 saturated carbocycles. The maximum absolute atomic E-state index is 12.4. The largest absolute Gasteiger partial charge is 0.493 e. The molecule has 0 saturated heterocycles. The molecule has 7 nitrogen and oxygen atoms in total. The summed E-state index contributed by atoms with van der Waals surface area (Å²) in [4.78, 5) is 24.6. The van der Waals surface area contributed by atoms with Gasteiger partial charge < -0.3 is 14.2 Å². The Morgan fingerprint density at radius 2 is 1.54 bits per heavy atom. The number of nitrogens with zero attached hydrogens (tertiary/aromatic N) is 1. The fourth-order valence-electron chi connectivity index (χ4n) is 3.29. The van der Waals surface area contributed by atoms with Gasteiger partial charge in [0.15, 0.2) is 11.5 Å². The minimum absolute atomic E-state index is 0.0164. The Hall–Kier alpha value is -4.13. The molecule has 0 aliphatic heterocycles. The summed E-state index contributed by atoms with van der Waals surface area (Å²) in [5, 5.41) is 3.99. The molecule has 7 heteroatoms. The number of rotatable bonds is 8. The summed E-state index contributed by atoms with van der Waals surface area (Å²) in [5.74, 6) is 0.890. The van der Waals surface area contributed by atoms with Crippen molar-refractivity contribution < 1.29 is 23.8 Å². The molecule has 0 fully saturated rings. The number of nitrogens with one attached hydrogen (secondary N) is 1. The summed E-state index contributed by atoms with van der Waals surface area (Å²) >= 11 is 0. The van der Waals surface area contributed by atoms with Crippen molar-refractivity contribution in [3.05, 3.63) is 89.0 Å². The molecule has 3 rings (SSSR count). The van der Waals surface area contributed by atoms with Gasteiger partial charge in [0.2, 0.25) is 5.91 Å². The second-order valence-electron chi connectivity index (χ2n) is 8.95. The number of carbonyl (C=O) groups is 2. The number of methoxy groups -OCH3 is 2. The number of benzene rings is 3. The van der Waals surface area contributed by atoms with E-state index in [2.05, 4.69) is 31.3 Å². The van der Waals surface area contributed by atoms with Crippen molar-refractivity contribution in [1.82, 2.24) is 5.43 Å². The van der Waals surface area contributed by atoms with Gasteiger partial charge in [-0.2, -0.15) is 5.10 Å². The van der Waals surface area contributed by atoms with Crippen LogP contribution in [0.4, 0.5) is 0 Å². The predicted octanol–water partition coefficient (Wildman–Crippen LogP) is 4.91. The lowest BCUT2D eigenvalue weighted by molar-refractivity contribution is -0.120. The molecule has 182 valence electrons. The molecule has 3 aromatic carbocycles. The van der Waals surface area contributed by atoms with Gasteiger partial charge in [-0.3, -0.25) is 4.79 Å². The fourth-order valence-corrected chi connectivity index (χ4v) is 3.29. The Bertz CT molecular complexity index is 1190. The predicted molar refractivity (Wildman–Crippen MR) is 136 cm³/mol. The molecule has 1 N–H and O–H groups in total. The summed E-state index contributed by atoms with van der Waals surface area (Å²) in [6.45, 7) is 6.36. The number of amides is 1. The molecule has 0 heterocycles. The minimum atomic E-state index is -0.422. The maximum atomic E-state index is 12.4. The van der Waals surface area contributed by atoms with Crippen molar-refractivity contribution in [2.75, 3.05) is 14.2 Å². The van der Waals surface area contributed by atoms with E-state index in [1.165, 1.54) is 6.21 Å². The lowest BCUT2D eigenvalue weighted by atomic mass is 9.87. The fraction of sp³-hybridized carbons (Fsp3) is 0.250. The topological polar surface area (TPSA) is 86.2 Å². The summed E-state index contributed by atoms with van der Waals surface area (Å²) in [7, 11) is 3.10. The number of ether oxygens (including phenoxy) is 3. The van der Waals surface area contributed by atoms with E-state index in [9.17, 15) is 9.59 Å². The van der Waals surface area contributed by atoms with Crippen LogP contribution in [0.1, 0.15) is 47.8 Å². The molecular formula is C28H30N2O5. The lowest BCUT2D eigenvalue weighted by Gasteiger charge is -2.18. The molecule has 0 unspecified atom stereocenters. The van der Waals surface area contributed by atoms with E-state index >= 15 is 0 Å². The highest BCUT2D eigenvalue weighted by atomic mass is 16.5. The van der Waals surface area contributed by atoms with Crippen molar-refractivity contribution in [3.8, 4) is 17.2 Å². The highest BCUT2D eigenvalue weighted by molar-refractivity contribution is 5.91. The van der Waals surface area contributed by atoms with Gasteiger partial charge in [0, 0.05) is 0 Å². The quantitative estimate of drug-likeness (QED) is 0.217. The zero-order valence-electron chi connectivity index (χ0n) is 20.6. The number of hydrazone groups is 1. The molecule has 0 radical (unpaired) electrons. The molecule has 0 spiro atoms. The normalized spacial score (nSPS) is 11.2. The Morgan fingerprint density at radius 1 is 0.886 bits per heavy atom. The monoisotopic (exact) mass is 474 g/mol. The maximum Gasteiger partial charge on any atom is 0.343 e. The van der Waals surface area contributed by atoms with Crippen molar-refractivity contribution in [2.45, 2.75) is 32.6 Å². The average Bonchev–Trinajstić information content (AvgIpc) is 2.84. The second kappa shape index (κ2) is 11.3. The number of esters is 1. The van der Waals surface area contributed by atoms with Crippen molar-refractivity contribution in [3.63, 3.8) is 0 Å². The van der Waals surface area contributed by atoms with Gasteiger partial charge in [0.1, 0.15) is 5.75 Å². The lowest BCUT2D eigenvalue weighted by Crippen LogP contribution is -2.19. The Kier molecular flexibility index (Phi) is 8.25. The van der Waals surface area contributed by atoms with Crippen LogP contribution in [0, 0.1) is 0 Å². The molecule has 3 aromatic rings. The van der Waals surface area contributed by atoms with Crippen LogP contribution in [-0.4, -0.2) is 32.3 Å². The summed E-state index contributed by atoms with van der Waals surface area (Å²) in [5.41, 5.74) is 5.67. The highest BCUT2D eigenvalue weighted by Gasteiger charge is 2.15. The molecule has 35 heavy (non-hydrogen) atoms. The molecule has 0 bridgehead atoms. The first kappa shape index (κ1) is 25.5. The highest BCUT2D eigenvalue weighted by Crippen LogP contribution is 2.27. The SMILES string of the molecule is COc1ccc(CC(=O)N/N=C/c2ccc(OC(=O)c3ccc(C(C)(C)C)cc3)cc2)cc1OC. The van der Waals surface area contributed by atoms with E-state index in [1.807, 2.05) is 12.1 Å². The third-order valence-corrected chi connectivity index (χ3v) is 5.29. The average molecular weight is 475 g/mol. The van der Waals surface area contributed by atoms with Crippen LogP contribution in [0.15, 0.2) is 71.8 Å². The zero-order valence-corrected chi connectivity index (χ0v) is 20.6. The van der Waals surface area contributed by atoms with Gasteiger partial charge in [-0.1, -0.05) is 39.0 Å². The summed E-state index contributed by atoms with van der Waals surface area (Å²) in [6, 6.07) is 19.6. The van der Waals surface area contributed by atoms with Crippen LogP contribution in [0.2, 0.25) is 0 Å². The van der Waals surface area contributed by atoms with Crippen LogP contribution in [0.5, 0.6) is 17.2 Å². The molecule has 0 aliphatic rings. The number of carbonyl (C=O) groups excluding carboxylic acids is 2. The van der Waals surface area contributed by atoms with Gasteiger partial charge in [-0.05, 0) is 70.6 Å². The Balaban J connectivity index is 1.52. The van der Waals surface area contributed by atoms with E-state index in [0.717, 1.165) is 16.7 Å². The Labute approximate surface area is 205 Å². The van der Waals surface area contributed by atoms with E-state index in [1.54, 1.807) is 68.8 Å². The minimum Gasteiger partial charge on any atom is -0.493 e. The standard InChI is InChI=1S/C28H30N2O5/c1-28(2,3)22-11-9-21(10-12-22)27(32)35-23-13-6-19(7-14-23)18-29-30-26(31)17-20-8-15-24(33-4)25(16-20)34-5/h6-16,18H,17H2,1-5H3,(H,30,31)/b29-18+. The van der Waals surface area contributed by atoms with Crippen LogP contribution < -0.4 is 19.6 Å². The van der Waals surface area contributed by atoms with Crippen LogP contribution in [-0.2, 0) is 16.6 Å². The third kappa shape index (κ3) is 7.17. The van der Waals surface area contributed by atoms with Crippen molar-refractivity contribution in [2.24, 2.45) is 5.10 Å². The summed E-state index contributed by atoms with van der Waals surface area (Å²) < 4.78 is 15.9. The summed E-state index contributed by atoms with van der Waals surface area (Å²) in [6.07, 6.45) is 1.66. The van der Waals surface area contributed by atoms with Crippen molar-refractivity contribution in [1.29, 1.82) is 0 Å². The molecule has 0 aliphatic carbocycles. The van der Waals surface area contributed by atoms with Gasteiger partial charge in [0.25, 0.3) is 0 Å². The first-order valence-corrected chi connectivity index (χ1v) is 11.1. The molecule has 1 amide bonds. The smallest absolute Gasteiger partial charge is 0.343 e. The first-order valence-electron chi connectivity index (χ1n) is 11.1. The second-order valence-corrected chi connectivity index (χ2v) is 8.95. The number of hydrogen-bond acceptors (Lipinski definition) is 6. The van der Waals surface area contributed by atoms with Gasteiger partial charge in [-0.15, -0.1) is 0 Å². The molecule has 0 aromatic heterocycles. The van der Waals surface area contributed by atoms with Gasteiger partial charge >= 0.3 is 5.97 Å². The molecule has 0 atom stereocenters. The van der Waals surface area contributed by atoms with E-state index in [-0.39, 0.29) is 17.7 Å². The van der Waals surface area contributed by atoms with E-state index < -0.39 is 5.97 Å². The van der Waals surface area contributed by atoms with Gasteiger partial charge in [-0.25, -0.2) is 10.2 Å². The number of hydrogen-bond donors (Lipinski definition) is 1. The van der Waals surface area contributed by atoms with Crippen LogP contribution in [0.25, 0.3) is 0 Å². The van der Waals surface area contributed by atoms with Crippen LogP contribution in [0.3, 0.4) is 0 Å². The zero-order chi connectivity index (χ0) is 25.4. The van der Waals surface area contributed by atoms with Crippen LogP contribution >= 0.6 is 0 Å².